The topological polar surface area (TPSA) is 32.8 Å². The Morgan fingerprint density at radius 1 is 0.306 bits per heavy atom. The number of furan rings is 2. The molecule has 4 heteroatoms. The van der Waals surface area contributed by atoms with Crippen molar-refractivity contribution < 1.29 is 8.83 Å². The Balaban J connectivity index is 1.07. The summed E-state index contributed by atoms with van der Waals surface area (Å²) < 4.78 is 14.0. The normalized spacial score (nSPS) is 13.3. The minimum Gasteiger partial charge on any atom is -0.456 e. The zero-order chi connectivity index (χ0) is 58.1. The smallest absolute Gasteiger partial charge is 0.145 e. The van der Waals surface area contributed by atoms with Gasteiger partial charge in [-0.1, -0.05) is 226 Å². The predicted octanol–water partition coefficient (Wildman–Crippen LogP) is 23.0. The third-order valence-corrected chi connectivity index (χ3v) is 18.2. The Morgan fingerprint density at radius 2 is 0.729 bits per heavy atom. The molecule has 0 N–H and O–H groups in total. The van der Waals surface area contributed by atoms with Gasteiger partial charge in [0.1, 0.15) is 22.3 Å². The molecule has 1 aliphatic carbocycles. The van der Waals surface area contributed by atoms with Crippen molar-refractivity contribution in [2.45, 2.75) is 84.0 Å². The third kappa shape index (κ3) is 8.24. The van der Waals surface area contributed by atoms with Crippen molar-refractivity contribution in [3.63, 3.8) is 0 Å². The molecular formula is C81H68N2O2. The minimum atomic E-state index is -0.841. The molecule has 0 spiro atoms. The van der Waals surface area contributed by atoms with E-state index in [1.54, 1.807) is 0 Å². The van der Waals surface area contributed by atoms with Crippen LogP contribution in [0.3, 0.4) is 0 Å². The molecular weight excluding hydrogens is 1030 g/mol. The van der Waals surface area contributed by atoms with Gasteiger partial charge in [-0.2, -0.15) is 0 Å². The Morgan fingerprint density at radius 3 is 1.27 bits per heavy atom. The molecule has 2 heterocycles. The van der Waals surface area contributed by atoms with Gasteiger partial charge < -0.3 is 18.6 Å². The number of anilines is 6. The van der Waals surface area contributed by atoms with Crippen molar-refractivity contribution in [2.24, 2.45) is 0 Å². The number of hydrogen-bond acceptors (Lipinski definition) is 4. The number of para-hydroxylation sites is 2. The SMILES string of the molecule is CC(C)(C)c1ccc(N(c2ccc3oc4ccccc4c3c2)c2ccc3c4c(c5ccccc5c3c2)-c2c(cc(N(c3ccc(C(C)(C)C)cc3)c3ccc(C(C)(C)C)cc3)c3c2oc2ccccc23)C4(c2ccccc2)c2ccccc2)cc1. The highest BCUT2D eigenvalue weighted by atomic mass is 16.3. The van der Waals surface area contributed by atoms with Crippen LogP contribution in [0.4, 0.5) is 34.1 Å². The molecule has 2 aromatic heterocycles. The van der Waals surface area contributed by atoms with Crippen LogP contribution in [0.5, 0.6) is 0 Å². The third-order valence-electron chi connectivity index (χ3n) is 18.2. The summed E-state index contributed by atoms with van der Waals surface area (Å²) in [5.74, 6) is 0. The molecule has 0 radical (unpaired) electrons. The zero-order valence-electron chi connectivity index (χ0n) is 49.9. The molecule has 414 valence electrons. The van der Waals surface area contributed by atoms with Crippen LogP contribution >= 0.6 is 0 Å². The molecule has 1 aliphatic rings. The minimum absolute atomic E-state index is 0.00972. The first-order valence-corrected chi connectivity index (χ1v) is 30.0. The Bertz CT molecular complexity index is 4810. The lowest BCUT2D eigenvalue weighted by Crippen LogP contribution is -2.29. The van der Waals surface area contributed by atoms with Gasteiger partial charge in [0.2, 0.25) is 0 Å². The summed E-state index contributed by atoms with van der Waals surface area (Å²) in [6.07, 6.45) is 0. The van der Waals surface area contributed by atoms with E-state index < -0.39 is 5.41 Å². The van der Waals surface area contributed by atoms with Crippen molar-refractivity contribution in [2.75, 3.05) is 9.80 Å². The number of benzene rings is 12. The van der Waals surface area contributed by atoms with Crippen LogP contribution in [-0.4, -0.2) is 0 Å². The molecule has 15 rings (SSSR count). The summed E-state index contributed by atoms with van der Waals surface area (Å²) in [7, 11) is 0. The first-order valence-electron chi connectivity index (χ1n) is 30.0. The van der Waals surface area contributed by atoms with Gasteiger partial charge in [0, 0.05) is 50.2 Å². The molecule has 0 atom stereocenters. The quantitative estimate of drug-likeness (QED) is 0.142. The molecule has 0 saturated heterocycles. The number of nitrogens with zero attached hydrogens (tertiary/aromatic N) is 2. The van der Waals surface area contributed by atoms with Crippen LogP contribution < -0.4 is 9.80 Å². The molecule has 85 heavy (non-hydrogen) atoms. The average Bonchev–Trinajstić information content (AvgIpc) is 1.52. The standard InChI is InChI=1S/C81H68N2O2/c1-78(2,3)51-32-38-56(39-33-51)82(60-45-47-72-67(49-60)62-27-18-20-30-70(62)84-72)59-44-46-64-66(48-59)61-26-16-17-28-63(61)74-75-68(81(76(64)74,54-22-12-10-13-23-54)55-24-14-11-15-25-55)50-69(73-65-29-19-21-31-71(65)85-77(73)75)83(57-40-34-52(35-41-57)79(4,5)6)58-42-36-53(37-43-58)80(7,8)9/h10-50H,1-9H3. The molecule has 14 aromatic rings. The van der Waals surface area contributed by atoms with E-state index in [4.69, 9.17) is 8.83 Å². The van der Waals surface area contributed by atoms with Gasteiger partial charge in [-0.25, -0.2) is 0 Å². The fourth-order valence-electron chi connectivity index (χ4n) is 13.9. The molecule has 12 aromatic carbocycles. The highest BCUT2D eigenvalue weighted by Gasteiger charge is 2.50. The summed E-state index contributed by atoms with van der Waals surface area (Å²) in [4.78, 5) is 4.91. The molecule has 0 fully saturated rings. The van der Waals surface area contributed by atoms with E-state index in [1.165, 1.54) is 66.1 Å². The summed E-state index contributed by atoms with van der Waals surface area (Å²) >= 11 is 0. The zero-order valence-corrected chi connectivity index (χ0v) is 49.9. The van der Waals surface area contributed by atoms with E-state index in [2.05, 4.69) is 315 Å². The van der Waals surface area contributed by atoms with Gasteiger partial charge in [-0.05, 0) is 167 Å². The van der Waals surface area contributed by atoms with E-state index >= 15 is 0 Å². The molecule has 0 saturated carbocycles. The van der Waals surface area contributed by atoms with E-state index in [0.29, 0.717) is 0 Å². The summed E-state index contributed by atoms with van der Waals surface area (Å²) in [5.41, 5.74) is 19.9. The van der Waals surface area contributed by atoms with E-state index in [0.717, 1.165) is 83.6 Å². The van der Waals surface area contributed by atoms with Crippen molar-refractivity contribution >= 4 is 99.5 Å². The highest BCUT2D eigenvalue weighted by molar-refractivity contribution is 6.26. The fourth-order valence-corrected chi connectivity index (χ4v) is 13.9. The van der Waals surface area contributed by atoms with Crippen molar-refractivity contribution in [1.82, 2.24) is 0 Å². The second-order valence-electron chi connectivity index (χ2n) is 26.5. The lowest BCUT2D eigenvalue weighted by Gasteiger charge is -2.36. The summed E-state index contributed by atoms with van der Waals surface area (Å²) in [6.45, 7) is 20.6. The van der Waals surface area contributed by atoms with Crippen LogP contribution in [0.15, 0.2) is 258 Å². The molecule has 0 aliphatic heterocycles. The van der Waals surface area contributed by atoms with E-state index in [9.17, 15) is 0 Å². The van der Waals surface area contributed by atoms with Crippen molar-refractivity contribution in [1.29, 1.82) is 0 Å². The van der Waals surface area contributed by atoms with Gasteiger partial charge in [0.15, 0.2) is 0 Å². The van der Waals surface area contributed by atoms with Gasteiger partial charge >= 0.3 is 0 Å². The maximum atomic E-state index is 7.56. The average molecular weight is 1100 g/mol. The van der Waals surface area contributed by atoms with Crippen LogP contribution in [0, 0.1) is 0 Å². The van der Waals surface area contributed by atoms with E-state index in [1.807, 2.05) is 6.07 Å². The van der Waals surface area contributed by atoms with Gasteiger partial charge in [0.05, 0.1) is 16.5 Å². The Labute approximate surface area is 498 Å². The van der Waals surface area contributed by atoms with Crippen molar-refractivity contribution in [3.8, 4) is 11.1 Å². The van der Waals surface area contributed by atoms with Crippen LogP contribution in [0.2, 0.25) is 0 Å². The lowest BCUT2D eigenvalue weighted by molar-refractivity contribution is 0.590. The lowest BCUT2D eigenvalue weighted by atomic mass is 9.66. The predicted molar refractivity (Wildman–Crippen MR) is 359 cm³/mol. The van der Waals surface area contributed by atoms with Crippen LogP contribution in [0.25, 0.3) is 76.5 Å². The molecule has 0 unspecified atom stereocenters. The van der Waals surface area contributed by atoms with Gasteiger partial charge in [-0.15, -0.1) is 0 Å². The molecule has 0 bridgehead atoms. The Hall–Kier alpha value is -9.64. The highest BCUT2D eigenvalue weighted by Crippen LogP contribution is 2.64. The van der Waals surface area contributed by atoms with Gasteiger partial charge in [-0.3, -0.25) is 0 Å². The van der Waals surface area contributed by atoms with E-state index in [-0.39, 0.29) is 16.2 Å². The second kappa shape index (κ2) is 19.2. The van der Waals surface area contributed by atoms with Gasteiger partial charge in [0.25, 0.3) is 0 Å². The fraction of sp³-hybridized carbons (Fsp3) is 0.160. The monoisotopic (exact) mass is 1100 g/mol. The Kier molecular flexibility index (Phi) is 11.8. The largest absolute Gasteiger partial charge is 0.456 e. The van der Waals surface area contributed by atoms with Crippen LogP contribution in [-0.2, 0) is 21.7 Å². The maximum Gasteiger partial charge on any atom is 0.145 e. The number of hydrogen-bond donors (Lipinski definition) is 0. The first kappa shape index (κ1) is 52.2. The number of fused-ring (bicyclic) bond motifs is 15. The van der Waals surface area contributed by atoms with Crippen LogP contribution in [0.1, 0.15) is 101 Å². The first-order chi connectivity index (χ1) is 41.1. The van der Waals surface area contributed by atoms with Crippen molar-refractivity contribution in [3.05, 3.63) is 288 Å². The second-order valence-corrected chi connectivity index (χ2v) is 26.5. The molecule has 4 nitrogen and oxygen atoms in total. The molecule has 0 amide bonds. The number of rotatable bonds is 8. The summed E-state index contributed by atoms with van der Waals surface area (Å²) in [5, 5.41) is 9.03. The summed E-state index contributed by atoms with van der Waals surface area (Å²) in [6, 6.07) is 92.6. The maximum absolute atomic E-state index is 7.56.